The number of aryl methyl sites for hydroxylation is 1. The maximum atomic E-state index is 12.0. The normalized spacial score (nSPS) is 16.0. The second kappa shape index (κ2) is 5.29. The average Bonchev–Trinajstić information content (AvgIpc) is 3.18. The maximum absolute atomic E-state index is 12.0. The van der Waals surface area contributed by atoms with E-state index in [-0.39, 0.29) is 5.97 Å². The first kappa shape index (κ1) is 13.6. The molecule has 0 atom stereocenters. The third kappa shape index (κ3) is 2.57. The SMILES string of the molecule is Cc1ccc2cc(C3=C/C(=C/c4ccco4)C(=O)O3)ccc2c1. The number of fused-ring (bicyclic) bond motifs is 1. The van der Waals surface area contributed by atoms with Gasteiger partial charge in [0.15, 0.2) is 0 Å². The largest absolute Gasteiger partial charge is 0.465 e. The summed E-state index contributed by atoms with van der Waals surface area (Å²) in [6.45, 7) is 2.07. The lowest BCUT2D eigenvalue weighted by Crippen LogP contribution is -1.97. The van der Waals surface area contributed by atoms with Gasteiger partial charge in [0.05, 0.1) is 11.8 Å². The van der Waals surface area contributed by atoms with Gasteiger partial charge in [0.25, 0.3) is 0 Å². The summed E-state index contributed by atoms with van der Waals surface area (Å²) in [5.74, 6) is 0.833. The highest BCUT2D eigenvalue weighted by molar-refractivity contribution is 6.05. The van der Waals surface area contributed by atoms with Gasteiger partial charge < -0.3 is 9.15 Å². The summed E-state index contributed by atoms with van der Waals surface area (Å²) in [4.78, 5) is 12.0. The fourth-order valence-corrected chi connectivity index (χ4v) is 2.68. The standard InChI is InChI=1S/C20H14O3/c1-13-4-5-15-10-16(7-6-14(15)9-13)19-12-17(20(21)23-19)11-18-3-2-8-22-18/h2-12H,1H3/b17-11-. The number of hydrogen-bond acceptors (Lipinski definition) is 3. The molecule has 2 heterocycles. The van der Waals surface area contributed by atoms with Crippen LogP contribution in [-0.4, -0.2) is 5.97 Å². The highest BCUT2D eigenvalue weighted by atomic mass is 16.5. The van der Waals surface area contributed by atoms with E-state index in [4.69, 9.17) is 9.15 Å². The summed E-state index contributed by atoms with van der Waals surface area (Å²) in [5.41, 5.74) is 2.59. The molecular weight excluding hydrogens is 288 g/mol. The predicted octanol–water partition coefficient (Wildman–Crippen LogP) is 4.72. The quantitative estimate of drug-likeness (QED) is 0.508. The third-order valence-electron chi connectivity index (χ3n) is 3.85. The van der Waals surface area contributed by atoms with Crippen molar-refractivity contribution in [1.29, 1.82) is 0 Å². The van der Waals surface area contributed by atoms with Crippen LogP contribution in [0.4, 0.5) is 0 Å². The minimum Gasteiger partial charge on any atom is -0.465 e. The van der Waals surface area contributed by atoms with Gasteiger partial charge in [-0.25, -0.2) is 4.79 Å². The molecule has 0 spiro atoms. The van der Waals surface area contributed by atoms with Crippen molar-refractivity contribution < 1.29 is 13.9 Å². The van der Waals surface area contributed by atoms with Gasteiger partial charge in [-0.3, -0.25) is 0 Å². The minimum absolute atomic E-state index is 0.361. The second-order valence-electron chi connectivity index (χ2n) is 5.58. The van der Waals surface area contributed by atoms with Crippen LogP contribution in [0.15, 0.2) is 70.9 Å². The molecule has 0 amide bonds. The van der Waals surface area contributed by atoms with Crippen molar-refractivity contribution in [3.8, 4) is 0 Å². The number of furan rings is 1. The Morgan fingerprint density at radius 1 is 1.00 bits per heavy atom. The molecule has 1 aliphatic rings. The second-order valence-corrected chi connectivity index (χ2v) is 5.58. The summed E-state index contributed by atoms with van der Waals surface area (Å²) in [5, 5.41) is 2.29. The van der Waals surface area contributed by atoms with Crippen LogP contribution in [0.25, 0.3) is 22.6 Å². The molecule has 0 radical (unpaired) electrons. The fraction of sp³-hybridized carbons (Fsp3) is 0.0500. The maximum Gasteiger partial charge on any atom is 0.343 e. The highest BCUT2D eigenvalue weighted by Crippen LogP contribution is 2.29. The molecule has 0 saturated heterocycles. The van der Waals surface area contributed by atoms with Gasteiger partial charge in [0, 0.05) is 5.56 Å². The number of benzene rings is 2. The van der Waals surface area contributed by atoms with Gasteiger partial charge in [-0.15, -0.1) is 0 Å². The van der Waals surface area contributed by atoms with Gasteiger partial charge >= 0.3 is 5.97 Å². The van der Waals surface area contributed by atoms with Crippen LogP contribution in [0, 0.1) is 6.92 Å². The van der Waals surface area contributed by atoms with Crippen LogP contribution in [0.3, 0.4) is 0 Å². The Hall–Kier alpha value is -3.07. The minimum atomic E-state index is -0.361. The van der Waals surface area contributed by atoms with Crippen LogP contribution >= 0.6 is 0 Å². The number of ether oxygens (including phenoxy) is 1. The Bertz CT molecular complexity index is 960. The van der Waals surface area contributed by atoms with Crippen molar-refractivity contribution in [3.63, 3.8) is 0 Å². The molecule has 0 N–H and O–H groups in total. The number of cyclic esters (lactones) is 1. The molecule has 4 rings (SSSR count). The fourth-order valence-electron chi connectivity index (χ4n) is 2.68. The van der Waals surface area contributed by atoms with E-state index in [0.29, 0.717) is 17.1 Å². The van der Waals surface area contributed by atoms with Crippen molar-refractivity contribution in [2.24, 2.45) is 0 Å². The Morgan fingerprint density at radius 2 is 1.83 bits per heavy atom. The number of carbonyl (C=O) groups is 1. The van der Waals surface area contributed by atoms with E-state index in [9.17, 15) is 4.79 Å². The molecule has 3 aromatic rings. The van der Waals surface area contributed by atoms with Crippen LogP contribution in [-0.2, 0) is 9.53 Å². The molecule has 0 fully saturated rings. The van der Waals surface area contributed by atoms with E-state index in [1.807, 2.05) is 18.2 Å². The number of carbonyl (C=O) groups excluding carboxylic acids is 1. The van der Waals surface area contributed by atoms with Crippen LogP contribution < -0.4 is 0 Å². The lowest BCUT2D eigenvalue weighted by molar-refractivity contribution is -0.130. The lowest BCUT2D eigenvalue weighted by Gasteiger charge is -2.05. The molecule has 0 bridgehead atoms. The predicted molar refractivity (Wildman–Crippen MR) is 89.4 cm³/mol. The Morgan fingerprint density at radius 3 is 2.65 bits per heavy atom. The van der Waals surface area contributed by atoms with Gasteiger partial charge in [-0.1, -0.05) is 35.9 Å². The van der Waals surface area contributed by atoms with E-state index in [2.05, 4.69) is 25.1 Å². The Balaban J connectivity index is 1.73. The number of hydrogen-bond donors (Lipinski definition) is 0. The molecule has 0 saturated carbocycles. The van der Waals surface area contributed by atoms with Gasteiger partial charge in [0.1, 0.15) is 11.5 Å². The topological polar surface area (TPSA) is 39.4 Å². The molecule has 1 aliphatic heterocycles. The summed E-state index contributed by atoms with van der Waals surface area (Å²) in [6.07, 6.45) is 5.00. The first-order chi connectivity index (χ1) is 11.2. The van der Waals surface area contributed by atoms with Gasteiger partial charge in [0.2, 0.25) is 0 Å². The molecule has 3 heteroatoms. The monoisotopic (exact) mass is 302 g/mol. The third-order valence-corrected chi connectivity index (χ3v) is 3.85. The number of rotatable bonds is 2. The summed E-state index contributed by atoms with van der Waals surface area (Å²) < 4.78 is 10.6. The van der Waals surface area contributed by atoms with Gasteiger partial charge in [-0.05, 0) is 48.0 Å². The molecule has 112 valence electrons. The zero-order valence-corrected chi connectivity index (χ0v) is 12.6. The van der Waals surface area contributed by atoms with Crippen molar-refractivity contribution in [1.82, 2.24) is 0 Å². The van der Waals surface area contributed by atoms with Crippen LogP contribution in [0.5, 0.6) is 0 Å². The smallest absolute Gasteiger partial charge is 0.343 e. The first-order valence-corrected chi connectivity index (χ1v) is 7.39. The molecule has 2 aromatic carbocycles. The van der Waals surface area contributed by atoms with Crippen molar-refractivity contribution in [2.45, 2.75) is 6.92 Å². The van der Waals surface area contributed by atoms with Crippen molar-refractivity contribution in [2.75, 3.05) is 0 Å². The zero-order chi connectivity index (χ0) is 15.8. The Kier molecular flexibility index (Phi) is 3.12. The summed E-state index contributed by atoms with van der Waals surface area (Å²) in [6, 6.07) is 15.9. The highest BCUT2D eigenvalue weighted by Gasteiger charge is 2.22. The average molecular weight is 302 g/mol. The molecule has 0 unspecified atom stereocenters. The molecule has 23 heavy (non-hydrogen) atoms. The van der Waals surface area contributed by atoms with E-state index >= 15 is 0 Å². The number of esters is 1. The summed E-state index contributed by atoms with van der Waals surface area (Å²) in [7, 11) is 0. The van der Waals surface area contributed by atoms with E-state index in [1.54, 1.807) is 30.5 Å². The van der Waals surface area contributed by atoms with E-state index in [0.717, 1.165) is 10.9 Å². The Labute approximate surface area is 133 Å². The lowest BCUT2D eigenvalue weighted by atomic mass is 10.0. The van der Waals surface area contributed by atoms with E-state index in [1.165, 1.54) is 10.9 Å². The zero-order valence-electron chi connectivity index (χ0n) is 12.6. The molecular formula is C20H14O3. The molecule has 3 nitrogen and oxygen atoms in total. The van der Waals surface area contributed by atoms with Crippen molar-refractivity contribution in [3.05, 3.63) is 83.3 Å². The molecule has 0 aliphatic carbocycles. The van der Waals surface area contributed by atoms with Gasteiger partial charge in [-0.2, -0.15) is 0 Å². The van der Waals surface area contributed by atoms with Crippen LogP contribution in [0.1, 0.15) is 16.9 Å². The summed E-state index contributed by atoms with van der Waals surface area (Å²) >= 11 is 0. The van der Waals surface area contributed by atoms with E-state index < -0.39 is 0 Å². The first-order valence-electron chi connectivity index (χ1n) is 7.39. The molecule has 1 aromatic heterocycles. The van der Waals surface area contributed by atoms with Crippen LogP contribution in [0.2, 0.25) is 0 Å². The van der Waals surface area contributed by atoms with Crippen molar-refractivity contribution >= 4 is 28.6 Å².